The first-order valence-corrected chi connectivity index (χ1v) is 11.1. The standard InChI is InChI=1S/C20H20F4N2O3S/c1-30(28,29)16-7-8-18(17(21)13-16)25-9-2-10-26(12-11-25)19(27)14-3-5-15(6-4-14)20(22,23)24/h3-8,13H,2,9-12H2,1H3. The van der Waals surface area contributed by atoms with E-state index >= 15 is 0 Å². The van der Waals surface area contributed by atoms with Crippen LogP contribution in [-0.2, 0) is 16.0 Å². The molecule has 0 spiro atoms. The Balaban J connectivity index is 1.71. The number of halogens is 4. The summed E-state index contributed by atoms with van der Waals surface area (Å²) in [6.45, 7) is 1.39. The zero-order valence-electron chi connectivity index (χ0n) is 16.1. The van der Waals surface area contributed by atoms with Crippen LogP contribution < -0.4 is 4.90 Å². The minimum atomic E-state index is -4.47. The monoisotopic (exact) mass is 444 g/mol. The Morgan fingerprint density at radius 2 is 1.63 bits per heavy atom. The van der Waals surface area contributed by atoms with Crippen LogP contribution in [0.5, 0.6) is 0 Å². The number of hydrogen-bond donors (Lipinski definition) is 0. The molecule has 1 saturated heterocycles. The quantitative estimate of drug-likeness (QED) is 0.679. The molecular formula is C20H20F4N2O3S. The van der Waals surface area contributed by atoms with Crippen molar-refractivity contribution in [3.63, 3.8) is 0 Å². The molecule has 0 saturated carbocycles. The number of carbonyl (C=O) groups excluding carboxylic acids is 1. The number of rotatable bonds is 3. The van der Waals surface area contributed by atoms with E-state index in [2.05, 4.69) is 0 Å². The average molecular weight is 444 g/mol. The van der Waals surface area contributed by atoms with Crippen molar-refractivity contribution in [2.75, 3.05) is 37.3 Å². The van der Waals surface area contributed by atoms with E-state index < -0.39 is 33.3 Å². The summed E-state index contributed by atoms with van der Waals surface area (Å²) in [7, 11) is -3.52. The van der Waals surface area contributed by atoms with Gasteiger partial charge in [0.25, 0.3) is 5.91 Å². The van der Waals surface area contributed by atoms with Gasteiger partial charge < -0.3 is 9.80 Å². The molecular weight excluding hydrogens is 424 g/mol. The second-order valence-electron chi connectivity index (χ2n) is 7.09. The van der Waals surface area contributed by atoms with E-state index in [1.807, 2.05) is 0 Å². The van der Waals surface area contributed by atoms with Crippen LogP contribution in [0.3, 0.4) is 0 Å². The molecule has 1 fully saturated rings. The zero-order valence-corrected chi connectivity index (χ0v) is 16.9. The fraction of sp³-hybridized carbons (Fsp3) is 0.350. The van der Waals surface area contributed by atoms with Gasteiger partial charge in [0, 0.05) is 38.0 Å². The minimum Gasteiger partial charge on any atom is -0.367 e. The van der Waals surface area contributed by atoms with Crippen LogP contribution in [0.4, 0.5) is 23.2 Å². The molecule has 0 bridgehead atoms. The fourth-order valence-corrected chi connectivity index (χ4v) is 3.95. The maximum absolute atomic E-state index is 14.5. The number of anilines is 1. The number of hydrogen-bond acceptors (Lipinski definition) is 4. The Hall–Kier alpha value is -2.62. The molecule has 0 aliphatic carbocycles. The van der Waals surface area contributed by atoms with Crippen LogP contribution in [0, 0.1) is 5.82 Å². The minimum absolute atomic E-state index is 0.113. The summed E-state index contributed by atoms with van der Waals surface area (Å²) in [6.07, 6.45) is -2.95. The van der Waals surface area contributed by atoms with Gasteiger partial charge in [-0.3, -0.25) is 4.79 Å². The Labute approximate surface area is 171 Å². The molecule has 1 aliphatic heterocycles. The summed E-state index contributed by atoms with van der Waals surface area (Å²) in [4.78, 5) is 15.8. The van der Waals surface area contributed by atoms with Crippen molar-refractivity contribution in [1.82, 2.24) is 4.90 Å². The first-order valence-electron chi connectivity index (χ1n) is 9.18. The molecule has 2 aromatic rings. The second kappa shape index (κ2) is 8.25. The molecule has 2 aromatic carbocycles. The molecule has 0 radical (unpaired) electrons. The first-order chi connectivity index (χ1) is 14.0. The zero-order chi connectivity index (χ0) is 22.1. The van der Waals surface area contributed by atoms with Crippen LogP contribution in [-0.4, -0.2) is 51.7 Å². The number of sulfone groups is 1. The molecule has 3 rings (SSSR count). The summed E-state index contributed by atoms with van der Waals surface area (Å²) in [5, 5.41) is 0. The Kier molecular flexibility index (Phi) is 6.07. The Morgan fingerprint density at radius 3 is 2.20 bits per heavy atom. The van der Waals surface area contributed by atoms with Gasteiger partial charge in [-0.15, -0.1) is 0 Å². The SMILES string of the molecule is CS(=O)(=O)c1ccc(N2CCCN(C(=O)c3ccc(C(F)(F)F)cc3)CC2)c(F)c1. The predicted octanol–water partition coefficient (Wildman–Crippen LogP) is 3.60. The van der Waals surface area contributed by atoms with Gasteiger partial charge in [-0.05, 0) is 48.9 Å². The molecule has 5 nitrogen and oxygen atoms in total. The largest absolute Gasteiger partial charge is 0.416 e. The maximum atomic E-state index is 14.5. The van der Waals surface area contributed by atoms with Crippen molar-refractivity contribution < 1.29 is 30.8 Å². The van der Waals surface area contributed by atoms with E-state index in [9.17, 15) is 30.8 Å². The van der Waals surface area contributed by atoms with Crippen LogP contribution in [0.15, 0.2) is 47.4 Å². The Bertz CT molecular complexity index is 1040. The topological polar surface area (TPSA) is 57.7 Å². The van der Waals surface area contributed by atoms with Crippen LogP contribution >= 0.6 is 0 Å². The van der Waals surface area contributed by atoms with Crippen molar-refractivity contribution in [3.05, 3.63) is 59.4 Å². The second-order valence-corrected chi connectivity index (χ2v) is 9.11. The number of nitrogens with zero attached hydrogens (tertiary/aromatic N) is 2. The number of benzene rings is 2. The van der Waals surface area contributed by atoms with Gasteiger partial charge in [-0.1, -0.05) is 0 Å². The normalized spacial score (nSPS) is 15.8. The molecule has 1 aliphatic rings. The number of alkyl halides is 3. The summed E-state index contributed by atoms with van der Waals surface area (Å²) in [6, 6.07) is 7.75. The third-order valence-corrected chi connectivity index (χ3v) is 6.04. The van der Waals surface area contributed by atoms with Crippen LogP contribution in [0.25, 0.3) is 0 Å². The highest BCUT2D eigenvalue weighted by Gasteiger charge is 2.30. The van der Waals surface area contributed by atoms with E-state index in [1.165, 1.54) is 17.0 Å². The molecule has 0 atom stereocenters. The number of carbonyl (C=O) groups is 1. The lowest BCUT2D eigenvalue weighted by molar-refractivity contribution is -0.137. The lowest BCUT2D eigenvalue weighted by Gasteiger charge is -2.24. The molecule has 10 heteroatoms. The van der Waals surface area contributed by atoms with E-state index in [0.717, 1.165) is 36.6 Å². The summed E-state index contributed by atoms with van der Waals surface area (Å²) >= 11 is 0. The third-order valence-electron chi connectivity index (χ3n) is 4.93. The maximum Gasteiger partial charge on any atom is 0.416 e. The highest BCUT2D eigenvalue weighted by Crippen LogP contribution is 2.29. The highest BCUT2D eigenvalue weighted by molar-refractivity contribution is 7.90. The smallest absolute Gasteiger partial charge is 0.367 e. The Morgan fingerprint density at radius 1 is 0.967 bits per heavy atom. The van der Waals surface area contributed by atoms with Crippen molar-refractivity contribution in [2.45, 2.75) is 17.5 Å². The van der Waals surface area contributed by atoms with Gasteiger partial charge >= 0.3 is 6.18 Å². The van der Waals surface area contributed by atoms with E-state index in [0.29, 0.717) is 26.1 Å². The molecule has 0 aromatic heterocycles. The van der Waals surface area contributed by atoms with Gasteiger partial charge in [0.1, 0.15) is 5.82 Å². The molecule has 162 valence electrons. The molecule has 0 N–H and O–H groups in total. The molecule has 0 unspecified atom stereocenters. The van der Waals surface area contributed by atoms with E-state index in [4.69, 9.17) is 0 Å². The predicted molar refractivity (Wildman–Crippen MR) is 104 cm³/mol. The molecule has 1 heterocycles. The van der Waals surface area contributed by atoms with Gasteiger partial charge in [-0.2, -0.15) is 13.2 Å². The average Bonchev–Trinajstić information content (AvgIpc) is 2.92. The lowest BCUT2D eigenvalue weighted by Crippen LogP contribution is -2.35. The van der Waals surface area contributed by atoms with E-state index in [-0.39, 0.29) is 22.7 Å². The summed E-state index contributed by atoms with van der Waals surface area (Å²) in [5.41, 5.74) is -0.430. The summed E-state index contributed by atoms with van der Waals surface area (Å²) < 4.78 is 75.7. The molecule has 1 amide bonds. The fourth-order valence-electron chi connectivity index (χ4n) is 3.32. The van der Waals surface area contributed by atoms with Gasteiger partial charge in [0.2, 0.25) is 0 Å². The van der Waals surface area contributed by atoms with Gasteiger partial charge in [0.15, 0.2) is 9.84 Å². The van der Waals surface area contributed by atoms with Crippen molar-refractivity contribution in [3.8, 4) is 0 Å². The van der Waals surface area contributed by atoms with Gasteiger partial charge in [0.05, 0.1) is 16.1 Å². The lowest BCUT2D eigenvalue weighted by atomic mass is 10.1. The first kappa shape index (κ1) is 22.1. The van der Waals surface area contributed by atoms with Crippen molar-refractivity contribution >= 4 is 21.4 Å². The summed E-state index contributed by atoms with van der Waals surface area (Å²) in [5.74, 6) is -1.06. The number of amides is 1. The third kappa shape index (κ3) is 4.92. The molecule has 30 heavy (non-hydrogen) atoms. The van der Waals surface area contributed by atoms with Crippen LogP contribution in [0.1, 0.15) is 22.3 Å². The van der Waals surface area contributed by atoms with E-state index in [1.54, 1.807) is 4.90 Å². The van der Waals surface area contributed by atoms with Crippen molar-refractivity contribution in [1.29, 1.82) is 0 Å². The van der Waals surface area contributed by atoms with Crippen molar-refractivity contribution in [2.24, 2.45) is 0 Å². The highest BCUT2D eigenvalue weighted by atomic mass is 32.2. The van der Waals surface area contributed by atoms with Crippen LogP contribution in [0.2, 0.25) is 0 Å². The van der Waals surface area contributed by atoms with Gasteiger partial charge in [-0.25, -0.2) is 12.8 Å².